The van der Waals surface area contributed by atoms with Gasteiger partial charge in [-0.15, -0.1) is 0 Å². The van der Waals surface area contributed by atoms with Crippen LogP contribution < -0.4 is 16.8 Å². The van der Waals surface area contributed by atoms with Crippen molar-refractivity contribution >= 4 is 5.97 Å². The molecule has 0 aromatic rings. The summed E-state index contributed by atoms with van der Waals surface area (Å²) >= 11 is 0. The first-order valence-electron chi connectivity index (χ1n) is 6.69. The van der Waals surface area contributed by atoms with Gasteiger partial charge in [-0.05, 0) is 44.7 Å². The van der Waals surface area contributed by atoms with E-state index < -0.39 is 18.1 Å². The lowest BCUT2D eigenvalue weighted by molar-refractivity contribution is -0.139. The Hall–Kier alpha value is -0.730. The van der Waals surface area contributed by atoms with Crippen molar-refractivity contribution in [1.82, 2.24) is 5.32 Å². The number of hydrogen-bond donors (Lipinski definition) is 6. The average Bonchev–Trinajstić information content (AvgIpc) is 2.34. The minimum absolute atomic E-state index is 0.0206. The summed E-state index contributed by atoms with van der Waals surface area (Å²) in [7, 11) is 0. The number of carboxylic acids is 1. The highest BCUT2D eigenvalue weighted by Crippen LogP contribution is 2.14. The molecule has 0 radical (unpaired) electrons. The summed E-state index contributed by atoms with van der Waals surface area (Å²) in [5, 5.41) is 30.2. The van der Waals surface area contributed by atoms with E-state index in [1.807, 2.05) is 0 Å². The first kappa shape index (κ1) is 18.3. The summed E-state index contributed by atoms with van der Waals surface area (Å²) in [4.78, 5) is 10.7. The monoisotopic (exact) mass is 277 g/mol. The molecule has 0 heterocycles. The van der Waals surface area contributed by atoms with Gasteiger partial charge in [0.1, 0.15) is 6.04 Å². The zero-order valence-electron chi connectivity index (χ0n) is 11.3. The predicted octanol–water partition coefficient (Wildman–Crippen LogP) is -1.52. The molecule has 0 aliphatic heterocycles. The Balaban J connectivity index is 3.85. The van der Waals surface area contributed by atoms with E-state index in [9.17, 15) is 9.90 Å². The molecule has 0 amide bonds. The van der Waals surface area contributed by atoms with Crippen molar-refractivity contribution in [2.75, 3.05) is 26.2 Å². The van der Waals surface area contributed by atoms with E-state index in [2.05, 4.69) is 5.32 Å². The third-order valence-corrected chi connectivity index (χ3v) is 3.05. The lowest BCUT2D eigenvalue weighted by atomic mass is 9.94. The molecule has 0 aliphatic rings. The molecule has 0 rings (SSSR count). The fourth-order valence-electron chi connectivity index (χ4n) is 1.89. The van der Waals surface area contributed by atoms with E-state index in [1.54, 1.807) is 0 Å². The maximum atomic E-state index is 10.7. The molecular formula is C12H27N3O4. The van der Waals surface area contributed by atoms with Gasteiger partial charge in [-0.25, -0.2) is 0 Å². The molecule has 0 bridgehead atoms. The number of hydrogen-bond acceptors (Lipinski definition) is 6. The van der Waals surface area contributed by atoms with E-state index in [1.165, 1.54) is 0 Å². The highest BCUT2D eigenvalue weighted by Gasteiger charge is 2.18. The second-order valence-electron chi connectivity index (χ2n) is 4.78. The van der Waals surface area contributed by atoms with E-state index in [0.717, 1.165) is 6.42 Å². The summed E-state index contributed by atoms with van der Waals surface area (Å²) in [6.07, 6.45) is 1.70. The van der Waals surface area contributed by atoms with Gasteiger partial charge in [0, 0.05) is 13.2 Å². The van der Waals surface area contributed by atoms with Crippen molar-refractivity contribution in [3.8, 4) is 0 Å². The minimum atomic E-state index is -1.02. The zero-order chi connectivity index (χ0) is 14.7. The summed E-state index contributed by atoms with van der Waals surface area (Å²) in [5.74, 6) is -0.954. The van der Waals surface area contributed by atoms with Crippen molar-refractivity contribution in [2.24, 2.45) is 17.4 Å². The van der Waals surface area contributed by atoms with Crippen LogP contribution in [-0.4, -0.2) is 59.7 Å². The summed E-state index contributed by atoms with van der Waals surface area (Å²) in [6.45, 7) is 1.59. The van der Waals surface area contributed by atoms with Crippen LogP contribution in [0.15, 0.2) is 0 Å². The first-order valence-corrected chi connectivity index (χ1v) is 6.69. The van der Waals surface area contributed by atoms with Crippen LogP contribution in [-0.2, 0) is 4.79 Å². The van der Waals surface area contributed by atoms with Crippen molar-refractivity contribution in [3.63, 3.8) is 0 Å². The number of carboxylic acid groups (broad SMARTS) is 1. The topological polar surface area (TPSA) is 142 Å². The number of nitrogens with two attached hydrogens (primary N) is 2. The van der Waals surface area contributed by atoms with Gasteiger partial charge in [0.2, 0.25) is 0 Å². The molecule has 0 saturated heterocycles. The lowest BCUT2D eigenvalue weighted by Crippen LogP contribution is -2.34. The molecule has 0 spiro atoms. The van der Waals surface area contributed by atoms with Gasteiger partial charge < -0.3 is 32.1 Å². The number of aliphatic carboxylic acids is 1. The van der Waals surface area contributed by atoms with Crippen LogP contribution in [0.25, 0.3) is 0 Å². The highest BCUT2D eigenvalue weighted by molar-refractivity contribution is 5.73. The quantitative estimate of drug-likeness (QED) is 0.238. The normalized spacial score (nSPS) is 16.0. The molecule has 3 atom stereocenters. The number of aliphatic hydroxyl groups is 2. The molecule has 0 aromatic carbocycles. The van der Waals surface area contributed by atoms with E-state index >= 15 is 0 Å². The van der Waals surface area contributed by atoms with E-state index in [-0.39, 0.29) is 12.5 Å². The van der Waals surface area contributed by atoms with Crippen molar-refractivity contribution < 1.29 is 20.1 Å². The molecule has 0 aromatic heterocycles. The van der Waals surface area contributed by atoms with Gasteiger partial charge in [-0.3, -0.25) is 4.79 Å². The van der Waals surface area contributed by atoms with Gasteiger partial charge in [0.25, 0.3) is 0 Å². The second kappa shape index (κ2) is 11.1. The maximum absolute atomic E-state index is 10.7. The average molecular weight is 277 g/mol. The Morgan fingerprint density at radius 3 is 2.47 bits per heavy atom. The Kier molecular flexibility index (Phi) is 10.7. The summed E-state index contributed by atoms with van der Waals surface area (Å²) < 4.78 is 0. The number of aliphatic hydroxyl groups excluding tert-OH is 2. The smallest absolute Gasteiger partial charge is 0.320 e. The van der Waals surface area contributed by atoms with Crippen LogP contribution in [0.1, 0.15) is 25.7 Å². The molecule has 19 heavy (non-hydrogen) atoms. The fourth-order valence-corrected chi connectivity index (χ4v) is 1.89. The van der Waals surface area contributed by atoms with Crippen molar-refractivity contribution in [3.05, 3.63) is 0 Å². The molecule has 7 heteroatoms. The Morgan fingerprint density at radius 1 is 1.26 bits per heavy atom. The third kappa shape index (κ3) is 9.80. The van der Waals surface area contributed by atoms with Crippen LogP contribution in [0.5, 0.6) is 0 Å². The first-order chi connectivity index (χ1) is 9.01. The summed E-state index contributed by atoms with van der Waals surface area (Å²) in [6, 6.07) is -0.889. The van der Waals surface area contributed by atoms with Gasteiger partial charge >= 0.3 is 5.97 Å². The maximum Gasteiger partial charge on any atom is 0.320 e. The van der Waals surface area contributed by atoms with Gasteiger partial charge in [-0.2, -0.15) is 0 Å². The Labute approximate surface area is 114 Å². The van der Waals surface area contributed by atoms with Crippen LogP contribution in [0, 0.1) is 5.92 Å². The molecule has 114 valence electrons. The van der Waals surface area contributed by atoms with Crippen LogP contribution in [0.2, 0.25) is 0 Å². The van der Waals surface area contributed by atoms with Gasteiger partial charge in [0.05, 0.1) is 6.10 Å². The predicted molar refractivity (Wildman–Crippen MR) is 72.6 cm³/mol. The molecule has 0 fully saturated rings. The minimum Gasteiger partial charge on any atom is -0.480 e. The number of nitrogens with one attached hydrogen (secondary N) is 1. The number of carbonyl (C=O) groups is 1. The SMILES string of the molecule is NCC[C@@H](O)CNCCC(CCO)C[C@H](N)C(=O)O. The van der Waals surface area contributed by atoms with Gasteiger partial charge in [0.15, 0.2) is 0 Å². The second-order valence-corrected chi connectivity index (χ2v) is 4.78. The zero-order valence-corrected chi connectivity index (χ0v) is 11.3. The largest absolute Gasteiger partial charge is 0.480 e. The van der Waals surface area contributed by atoms with Crippen molar-refractivity contribution in [2.45, 2.75) is 37.8 Å². The highest BCUT2D eigenvalue weighted by atomic mass is 16.4. The van der Waals surface area contributed by atoms with Crippen molar-refractivity contribution in [1.29, 1.82) is 0 Å². The Morgan fingerprint density at radius 2 is 1.95 bits per heavy atom. The van der Waals surface area contributed by atoms with Crippen LogP contribution >= 0.6 is 0 Å². The summed E-state index contributed by atoms with van der Waals surface area (Å²) in [5.41, 5.74) is 10.8. The number of rotatable bonds is 12. The van der Waals surface area contributed by atoms with Crippen LogP contribution in [0.3, 0.4) is 0 Å². The molecule has 0 saturated carbocycles. The lowest BCUT2D eigenvalue weighted by Gasteiger charge is -2.19. The molecular weight excluding hydrogens is 250 g/mol. The Bertz CT molecular complexity index is 241. The van der Waals surface area contributed by atoms with E-state index in [4.69, 9.17) is 21.7 Å². The third-order valence-electron chi connectivity index (χ3n) is 3.05. The molecule has 8 N–H and O–H groups in total. The standard InChI is InChI=1S/C12H27N3O4/c13-4-1-10(17)8-15-5-2-9(3-6-16)7-11(14)12(18)19/h9-11,15-17H,1-8,13-14H2,(H,18,19)/t9?,10-,11+/m1/s1. The molecule has 0 aliphatic carbocycles. The molecule has 1 unspecified atom stereocenters. The molecule has 7 nitrogen and oxygen atoms in total. The van der Waals surface area contributed by atoms with Gasteiger partial charge in [-0.1, -0.05) is 0 Å². The fraction of sp³-hybridized carbons (Fsp3) is 0.917. The van der Waals surface area contributed by atoms with E-state index in [0.29, 0.717) is 38.9 Å². The van der Waals surface area contributed by atoms with Crippen LogP contribution in [0.4, 0.5) is 0 Å².